The van der Waals surface area contributed by atoms with Gasteiger partial charge < -0.3 is 5.73 Å². The molecule has 18 heavy (non-hydrogen) atoms. The Balaban J connectivity index is 2.11. The fourth-order valence-electron chi connectivity index (χ4n) is 1.59. The molecule has 0 aromatic carbocycles. The molecule has 0 saturated carbocycles. The predicted octanol–water partition coefficient (Wildman–Crippen LogP) is 1.30. The fourth-order valence-corrected chi connectivity index (χ4v) is 1.59. The normalized spacial score (nSPS) is 12.3. The lowest BCUT2D eigenvalue weighted by molar-refractivity contribution is 0.519. The third kappa shape index (κ3) is 2.76. The van der Waals surface area contributed by atoms with Crippen molar-refractivity contribution in [3.8, 4) is 0 Å². The Morgan fingerprint density at radius 2 is 2.11 bits per heavy atom. The molecule has 0 aliphatic carbocycles. The van der Waals surface area contributed by atoms with Gasteiger partial charge in [0, 0.05) is 12.2 Å². The van der Waals surface area contributed by atoms with Gasteiger partial charge in [-0.15, -0.1) is 5.10 Å². The van der Waals surface area contributed by atoms with Crippen LogP contribution >= 0.6 is 0 Å². The minimum atomic E-state index is -0.463. The Morgan fingerprint density at radius 1 is 1.39 bits per heavy atom. The average molecular weight is 248 g/mol. The highest BCUT2D eigenvalue weighted by molar-refractivity contribution is 5.07. The van der Waals surface area contributed by atoms with Crippen LogP contribution in [0.3, 0.4) is 0 Å². The van der Waals surface area contributed by atoms with E-state index in [2.05, 4.69) is 29.3 Å². The van der Waals surface area contributed by atoms with E-state index < -0.39 is 5.54 Å². The fraction of sp³-hybridized carbons (Fsp3) is 0.583. The monoisotopic (exact) mass is 248 g/mol. The summed E-state index contributed by atoms with van der Waals surface area (Å²) in [5.74, 6) is 0. The number of nitrogens with two attached hydrogens (primary N) is 1. The van der Waals surface area contributed by atoms with Crippen LogP contribution in [0.2, 0.25) is 0 Å². The average Bonchev–Trinajstić information content (AvgIpc) is 2.85. The number of hydrogen-bond acceptors (Lipinski definition) is 4. The lowest BCUT2D eigenvalue weighted by Gasteiger charge is -2.13. The zero-order valence-electron chi connectivity index (χ0n) is 11.3. The van der Waals surface area contributed by atoms with E-state index in [0.29, 0.717) is 12.6 Å². The summed E-state index contributed by atoms with van der Waals surface area (Å²) in [7, 11) is 0. The van der Waals surface area contributed by atoms with E-state index in [1.54, 1.807) is 4.68 Å². The van der Waals surface area contributed by atoms with Crippen LogP contribution in [0.15, 0.2) is 18.5 Å². The van der Waals surface area contributed by atoms with Gasteiger partial charge in [0.05, 0.1) is 24.0 Å². The molecule has 0 radical (unpaired) electrons. The molecule has 6 nitrogen and oxygen atoms in total. The van der Waals surface area contributed by atoms with Crippen molar-refractivity contribution >= 4 is 0 Å². The Labute approximate surface area is 107 Å². The molecular weight excluding hydrogens is 228 g/mol. The van der Waals surface area contributed by atoms with Crippen LogP contribution in [0.1, 0.15) is 45.1 Å². The smallest absolute Gasteiger partial charge is 0.102 e. The van der Waals surface area contributed by atoms with Crippen LogP contribution in [0.5, 0.6) is 0 Å². The molecule has 2 aromatic heterocycles. The molecule has 0 atom stereocenters. The van der Waals surface area contributed by atoms with Crippen molar-refractivity contribution in [3.05, 3.63) is 29.8 Å². The van der Waals surface area contributed by atoms with Crippen molar-refractivity contribution in [3.63, 3.8) is 0 Å². The third-order valence-corrected chi connectivity index (χ3v) is 2.72. The summed E-state index contributed by atoms with van der Waals surface area (Å²) in [5.41, 5.74) is 7.26. The molecule has 2 aromatic rings. The topological polar surface area (TPSA) is 74.5 Å². The van der Waals surface area contributed by atoms with Gasteiger partial charge in [0.15, 0.2) is 0 Å². The summed E-state index contributed by atoms with van der Waals surface area (Å²) in [6, 6.07) is 2.36. The highest BCUT2D eigenvalue weighted by Gasteiger charge is 2.18. The van der Waals surface area contributed by atoms with Crippen molar-refractivity contribution in [2.24, 2.45) is 5.73 Å². The third-order valence-electron chi connectivity index (χ3n) is 2.72. The lowest BCUT2D eigenvalue weighted by atomic mass is 10.0. The van der Waals surface area contributed by atoms with E-state index in [-0.39, 0.29) is 0 Å². The molecule has 0 spiro atoms. The number of rotatable bonds is 4. The molecule has 2 heterocycles. The quantitative estimate of drug-likeness (QED) is 0.885. The van der Waals surface area contributed by atoms with E-state index in [4.69, 9.17) is 5.73 Å². The summed E-state index contributed by atoms with van der Waals surface area (Å²) in [6.07, 6.45) is 3.85. The van der Waals surface area contributed by atoms with Gasteiger partial charge in [0.25, 0.3) is 0 Å². The predicted molar refractivity (Wildman–Crippen MR) is 68.9 cm³/mol. The van der Waals surface area contributed by atoms with Gasteiger partial charge in [-0.05, 0) is 33.8 Å². The van der Waals surface area contributed by atoms with Gasteiger partial charge in [-0.2, -0.15) is 5.10 Å². The van der Waals surface area contributed by atoms with E-state index in [1.165, 1.54) is 0 Å². The Hall–Kier alpha value is -1.69. The molecule has 0 aliphatic heterocycles. The minimum Gasteiger partial charge on any atom is -0.320 e. The summed E-state index contributed by atoms with van der Waals surface area (Å²) >= 11 is 0. The molecule has 0 amide bonds. The molecule has 2 rings (SSSR count). The van der Waals surface area contributed by atoms with E-state index >= 15 is 0 Å². The second-order valence-electron chi connectivity index (χ2n) is 5.40. The van der Waals surface area contributed by atoms with Crippen LogP contribution in [0.25, 0.3) is 0 Å². The van der Waals surface area contributed by atoms with E-state index in [1.807, 2.05) is 37.0 Å². The first-order valence-corrected chi connectivity index (χ1v) is 6.10. The first-order valence-electron chi connectivity index (χ1n) is 6.10. The summed E-state index contributed by atoms with van der Waals surface area (Å²) in [5, 5.41) is 12.6. The van der Waals surface area contributed by atoms with Gasteiger partial charge in [-0.25, -0.2) is 4.68 Å². The van der Waals surface area contributed by atoms with Crippen molar-refractivity contribution < 1.29 is 0 Å². The Morgan fingerprint density at radius 3 is 2.61 bits per heavy atom. The summed E-state index contributed by atoms with van der Waals surface area (Å²) < 4.78 is 3.69. The molecule has 0 unspecified atom stereocenters. The van der Waals surface area contributed by atoms with Crippen molar-refractivity contribution in [1.82, 2.24) is 24.8 Å². The second-order valence-corrected chi connectivity index (χ2v) is 5.40. The number of hydrogen-bond donors (Lipinski definition) is 1. The van der Waals surface area contributed by atoms with Crippen LogP contribution in [0.4, 0.5) is 0 Å². The first-order chi connectivity index (χ1) is 8.36. The van der Waals surface area contributed by atoms with Crippen molar-refractivity contribution in [2.45, 2.75) is 45.8 Å². The van der Waals surface area contributed by atoms with Gasteiger partial charge >= 0.3 is 0 Å². The molecule has 98 valence electrons. The maximum Gasteiger partial charge on any atom is 0.102 e. The molecule has 0 fully saturated rings. The minimum absolute atomic E-state index is 0.369. The summed E-state index contributed by atoms with van der Waals surface area (Å²) in [6.45, 7) is 8.63. The van der Waals surface area contributed by atoms with Crippen LogP contribution in [-0.2, 0) is 12.1 Å². The highest BCUT2D eigenvalue weighted by atomic mass is 15.4. The largest absolute Gasteiger partial charge is 0.320 e. The molecule has 0 aliphatic rings. The maximum atomic E-state index is 5.97. The Kier molecular flexibility index (Phi) is 3.21. The van der Waals surface area contributed by atoms with Crippen LogP contribution in [-0.4, -0.2) is 24.8 Å². The first kappa shape index (κ1) is 12.8. The van der Waals surface area contributed by atoms with Gasteiger partial charge in [0.1, 0.15) is 5.69 Å². The highest BCUT2D eigenvalue weighted by Crippen LogP contribution is 2.13. The number of nitrogens with zero attached hydrogens (tertiary/aromatic N) is 5. The van der Waals surface area contributed by atoms with Crippen molar-refractivity contribution in [1.29, 1.82) is 0 Å². The molecule has 6 heteroatoms. The molecule has 0 bridgehead atoms. The van der Waals surface area contributed by atoms with E-state index in [9.17, 15) is 0 Å². The molecule has 2 N–H and O–H groups in total. The standard InChI is InChI=1S/C12H20N6/c1-9(2)18-6-5-10(15-18)7-17-8-11(14-16-17)12(3,4)13/h5-6,8-9H,7,13H2,1-4H3. The number of aromatic nitrogens is 5. The second kappa shape index (κ2) is 4.53. The summed E-state index contributed by atoms with van der Waals surface area (Å²) in [4.78, 5) is 0. The SMILES string of the molecule is CC(C)n1ccc(Cn2cc(C(C)(C)N)nn2)n1. The van der Waals surface area contributed by atoms with Crippen LogP contribution in [0, 0.1) is 0 Å². The van der Waals surface area contributed by atoms with Gasteiger partial charge in [-0.3, -0.25) is 4.68 Å². The van der Waals surface area contributed by atoms with Gasteiger partial charge in [-0.1, -0.05) is 5.21 Å². The molecule has 0 saturated heterocycles. The maximum absolute atomic E-state index is 5.97. The Bertz CT molecular complexity index is 517. The van der Waals surface area contributed by atoms with E-state index in [0.717, 1.165) is 11.4 Å². The molecular formula is C12H20N6. The van der Waals surface area contributed by atoms with Gasteiger partial charge in [0.2, 0.25) is 0 Å². The zero-order chi connectivity index (χ0) is 13.3. The van der Waals surface area contributed by atoms with Crippen LogP contribution < -0.4 is 5.73 Å². The lowest BCUT2D eigenvalue weighted by Crippen LogP contribution is -2.29. The zero-order valence-corrected chi connectivity index (χ0v) is 11.3. The van der Waals surface area contributed by atoms with Crippen molar-refractivity contribution in [2.75, 3.05) is 0 Å².